The Hall–Kier alpha value is -0.770. The van der Waals surface area contributed by atoms with Crippen LogP contribution in [0.1, 0.15) is 56.4 Å². The summed E-state index contributed by atoms with van der Waals surface area (Å²) in [6.45, 7) is 1.09. The summed E-state index contributed by atoms with van der Waals surface area (Å²) in [5, 5.41) is 4.80. The third kappa shape index (κ3) is 2.57. The van der Waals surface area contributed by atoms with Gasteiger partial charge in [-0.2, -0.15) is 4.37 Å². The Labute approximate surface area is 107 Å². The van der Waals surface area contributed by atoms with Crippen molar-refractivity contribution in [2.24, 2.45) is 5.92 Å². The van der Waals surface area contributed by atoms with Gasteiger partial charge in [0.05, 0.1) is 0 Å². The lowest BCUT2D eigenvalue weighted by Crippen LogP contribution is -2.07. The molecule has 0 atom stereocenters. The smallest absolute Gasteiger partial charge is 0.142 e. The van der Waals surface area contributed by atoms with Crippen molar-refractivity contribution in [1.29, 1.82) is 0 Å². The van der Waals surface area contributed by atoms with Crippen molar-refractivity contribution in [3.8, 4) is 0 Å². The minimum atomic E-state index is 0.697. The van der Waals surface area contributed by atoms with Crippen LogP contribution < -0.4 is 11.1 Å². The zero-order valence-electron chi connectivity index (χ0n) is 10.2. The second kappa shape index (κ2) is 4.84. The Morgan fingerprint density at radius 1 is 1.24 bits per heavy atom. The van der Waals surface area contributed by atoms with Gasteiger partial charge in [-0.15, -0.1) is 0 Å². The van der Waals surface area contributed by atoms with Crippen LogP contribution in [-0.2, 0) is 0 Å². The van der Waals surface area contributed by atoms with Crippen LogP contribution in [-0.4, -0.2) is 10.9 Å². The standard InChI is InChI=1S/C13H21N3S/c14-12-11(10-5-6-10)13(17-16-12)15-8-7-9-3-1-2-4-9/h9-10,15H,1-8H2,(H2,14,16). The van der Waals surface area contributed by atoms with E-state index in [2.05, 4.69) is 9.69 Å². The number of nitrogens with one attached hydrogen (secondary N) is 1. The molecular weight excluding hydrogens is 230 g/mol. The Balaban J connectivity index is 1.53. The van der Waals surface area contributed by atoms with Crippen LogP contribution >= 0.6 is 11.5 Å². The molecule has 3 rings (SSSR count). The quantitative estimate of drug-likeness (QED) is 0.840. The third-order valence-corrected chi connectivity index (χ3v) is 4.89. The first-order chi connectivity index (χ1) is 8.34. The summed E-state index contributed by atoms with van der Waals surface area (Å²) in [6.07, 6.45) is 9.63. The molecule has 2 saturated carbocycles. The number of nitrogen functional groups attached to an aromatic ring is 1. The fourth-order valence-corrected chi connectivity index (χ4v) is 3.72. The summed E-state index contributed by atoms with van der Waals surface area (Å²) in [6, 6.07) is 0. The van der Waals surface area contributed by atoms with E-state index in [4.69, 9.17) is 5.73 Å². The summed E-state index contributed by atoms with van der Waals surface area (Å²) >= 11 is 1.54. The summed E-state index contributed by atoms with van der Waals surface area (Å²) < 4.78 is 4.29. The fraction of sp³-hybridized carbons (Fsp3) is 0.769. The van der Waals surface area contributed by atoms with Crippen molar-refractivity contribution < 1.29 is 0 Å². The van der Waals surface area contributed by atoms with E-state index in [-0.39, 0.29) is 0 Å². The van der Waals surface area contributed by atoms with E-state index in [0.717, 1.165) is 18.3 Å². The van der Waals surface area contributed by atoms with E-state index in [0.29, 0.717) is 5.92 Å². The molecular formula is C13H21N3S. The van der Waals surface area contributed by atoms with Gasteiger partial charge in [0, 0.05) is 12.1 Å². The molecule has 1 heterocycles. The second-order valence-electron chi connectivity index (χ2n) is 5.45. The Bertz CT molecular complexity index is 378. The highest BCUT2D eigenvalue weighted by molar-refractivity contribution is 7.10. The van der Waals surface area contributed by atoms with Crippen LogP contribution in [0.15, 0.2) is 0 Å². The fourth-order valence-electron chi connectivity index (χ4n) is 2.89. The molecule has 4 heteroatoms. The first-order valence-electron chi connectivity index (χ1n) is 6.83. The SMILES string of the molecule is Nc1nsc(NCCC2CCCC2)c1C1CC1. The zero-order valence-corrected chi connectivity index (χ0v) is 11.1. The Morgan fingerprint density at radius 3 is 2.71 bits per heavy atom. The molecule has 2 fully saturated rings. The topological polar surface area (TPSA) is 50.9 Å². The molecule has 0 aromatic carbocycles. The lowest BCUT2D eigenvalue weighted by atomic mass is 10.0. The van der Waals surface area contributed by atoms with Crippen molar-refractivity contribution >= 4 is 22.4 Å². The number of nitrogens with zero attached hydrogens (tertiary/aromatic N) is 1. The van der Waals surface area contributed by atoms with Gasteiger partial charge in [0.2, 0.25) is 0 Å². The van der Waals surface area contributed by atoms with Gasteiger partial charge in [-0.25, -0.2) is 0 Å². The van der Waals surface area contributed by atoms with E-state index in [1.807, 2.05) is 0 Å². The summed E-state index contributed by atoms with van der Waals surface area (Å²) in [7, 11) is 0. The van der Waals surface area contributed by atoms with Gasteiger partial charge >= 0.3 is 0 Å². The number of anilines is 2. The van der Waals surface area contributed by atoms with E-state index in [1.54, 1.807) is 11.5 Å². The maximum atomic E-state index is 5.94. The van der Waals surface area contributed by atoms with Gasteiger partial charge in [0.25, 0.3) is 0 Å². The van der Waals surface area contributed by atoms with Crippen LogP contribution in [0.5, 0.6) is 0 Å². The predicted octanol–water partition coefficient (Wildman–Crippen LogP) is 3.59. The average Bonchev–Trinajstić information content (AvgIpc) is 2.88. The molecule has 0 unspecified atom stereocenters. The van der Waals surface area contributed by atoms with Gasteiger partial charge in [0.1, 0.15) is 10.8 Å². The minimum Gasteiger partial charge on any atom is -0.383 e. The Morgan fingerprint density at radius 2 is 2.00 bits per heavy atom. The first-order valence-corrected chi connectivity index (χ1v) is 7.61. The molecule has 0 amide bonds. The Kier molecular flexibility index (Phi) is 3.23. The molecule has 0 spiro atoms. The summed E-state index contributed by atoms with van der Waals surface area (Å²) in [5.74, 6) is 2.42. The number of hydrogen-bond donors (Lipinski definition) is 2. The molecule has 0 saturated heterocycles. The molecule has 2 aliphatic rings. The third-order valence-electron chi connectivity index (χ3n) is 4.05. The van der Waals surface area contributed by atoms with Gasteiger partial charge in [-0.05, 0) is 42.6 Å². The molecule has 0 bridgehead atoms. The van der Waals surface area contributed by atoms with Gasteiger partial charge in [-0.1, -0.05) is 25.7 Å². The molecule has 3 N–H and O–H groups in total. The average molecular weight is 251 g/mol. The van der Waals surface area contributed by atoms with Crippen molar-refractivity contribution in [3.05, 3.63) is 5.56 Å². The van der Waals surface area contributed by atoms with E-state index in [9.17, 15) is 0 Å². The molecule has 1 aromatic heterocycles. The highest BCUT2D eigenvalue weighted by Gasteiger charge is 2.30. The summed E-state index contributed by atoms with van der Waals surface area (Å²) in [5.41, 5.74) is 7.24. The second-order valence-corrected chi connectivity index (χ2v) is 6.22. The normalized spacial score (nSPS) is 20.9. The lowest BCUT2D eigenvalue weighted by Gasteiger charge is -2.10. The zero-order chi connectivity index (χ0) is 11.7. The number of nitrogens with two attached hydrogens (primary N) is 1. The molecule has 1 aromatic rings. The summed E-state index contributed by atoms with van der Waals surface area (Å²) in [4.78, 5) is 0. The molecule has 0 aliphatic heterocycles. The van der Waals surface area contributed by atoms with Crippen molar-refractivity contribution in [2.45, 2.75) is 50.9 Å². The van der Waals surface area contributed by atoms with Gasteiger partial charge in [-0.3, -0.25) is 0 Å². The van der Waals surface area contributed by atoms with Crippen LogP contribution in [0.2, 0.25) is 0 Å². The van der Waals surface area contributed by atoms with Crippen LogP contribution in [0.3, 0.4) is 0 Å². The molecule has 2 aliphatic carbocycles. The molecule has 3 nitrogen and oxygen atoms in total. The molecule has 0 radical (unpaired) electrons. The van der Waals surface area contributed by atoms with Crippen molar-refractivity contribution in [2.75, 3.05) is 17.6 Å². The lowest BCUT2D eigenvalue weighted by molar-refractivity contribution is 0.519. The number of aromatic nitrogens is 1. The van der Waals surface area contributed by atoms with E-state index < -0.39 is 0 Å². The van der Waals surface area contributed by atoms with E-state index in [1.165, 1.54) is 55.5 Å². The highest BCUT2D eigenvalue weighted by Crippen LogP contribution is 2.47. The van der Waals surface area contributed by atoms with E-state index >= 15 is 0 Å². The largest absolute Gasteiger partial charge is 0.383 e. The van der Waals surface area contributed by atoms with Crippen molar-refractivity contribution in [3.63, 3.8) is 0 Å². The van der Waals surface area contributed by atoms with Crippen LogP contribution in [0.4, 0.5) is 10.8 Å². The minimum absolute atomic E-state index is 0.697. The molecule has 17 heavy (non-hydrogen) atoms. The maximum Gasteiger partial charge on any atom is 0.142 e. The first kappa shape index (κ1) is 11.3. The number of hydrogen-bond acceptors (Lipinski definition) is 4. The highest BCUT2D eigenvalue weighted by atomic mass is 32.1. The van der Waals surface area contributed by atoms with Crippen LogP contribution in [0, 0.1) is 5.92 Å². The van der Waals surface area contributed by atoms with Gasteiger partial charge < -0.3 is 11.1 Å². The van der Waals surface area contributed by atoms with Crippen LogP contribution in [0.25, 0.3) is 0 Å². The number of rotatable bonds is 5. The van der Waals surface area contributed by atoms with Gasteiger partial charge in [0.15, 0.2) is 0 Å². The monoisotopic (exact) mass is 251 g/mol. The van der Waals surface area contributed by atoms with Crippen molar-refractivity contribution in [1.82, 2.24) is 4.37 Å². The maximum absolute atomic E-state index is 5.94. The predicted molar refractivity (Wildman–Crippen MR) is 73.6 cm³/mol. The molecule has 94 valence electrons.